The van der Waals surface area contributed by atoms with Gasteiger partial charge in [0.05, 0.1) is 0 Å². The Bertz CT molecular complexity index is 383. The molecule has 0 bridgehead atoms. The summed E-state index contributed by atoms with van der Waals surface area (Å²) >= 11 is 0. The molecule has 0 spiro atoms. The van der Waals surface area contributed by atoms with E-state index in [9.17, 15) is 9.46 Å². The third-order valence-corrected chi connectivity index (χ3v) is 5.97. The molecule has 1 unspecified atom stereocenters. The van der Waals surface area contributed by atoms with Crippen molar-refractivity contribution >= 4 is 19.7 Å². The van der Waals surface area contributed by atoms with Gasteiger partial charge >= 0.3 is 90.5 Å². The van der Waals surface area contributed by atoms with Crippen molar-refractivity contribution in [3.8, 4) is 0 Å². The van der Waals surface area contributed by atoms with Gasteiger partial charge in [-0.1, -0.05) is 0 Å². The molecule has 3 nitrogen and oxygen atoms in total. The second kappa shape index (κ2) is 3.68. The first-order valence-corrected chi connectivity index (χ1v) is 10.2. The molecule has 0 aromatic heterocycles. The zero-order chi connectivity index (χ0) is 11.8. The zero-order valence-corrected chi connectivity index (χ0v) is 11.3. The second-order valence-corrected chi connectivity index (χ2v) is 14.4. The third kappa shape index (κ3) is 4.44. The standard InChI is InChI=1S/C10H18O3P2/c1-15(2,3,4)13-14(11,12)10-8-6-5-7-9-10/h5-9H,1-4H3,(H,11,12). The van der Waals surface area contributed by atoms with Crippen molar-refractivity contribution in [2.75, 3.05) is 26.7 Å². The minimum atomic E-state index is -3.67. The Morgan fingerprint density at radius 1 is 1.13 bits per heavy atom. The van der Waals surface area contributed by atoms with E-state index in [0.29, 0.717) is 5.30 Å². The molecule has 0 heterocycles. The summed E-state index contributed by atoms with van der Waals surface area (Å²) < 4.78 is 17.4. The molecule has 0 fully saturated rings. The van der Waals surface area contributed by atoms with Crippen molar-refractivity contribution in [3.05, 3.63) is 30.3 Å². The number of rotatable bonds is 3. The van der Waals surface area contributed by atoms with E-state index in [2.05, 4.69) is 0 Å². The molecule has 0 radical (unpaired) electrons. The van der Waals surface area contributed by atoms with Crippen LogP contribution in [0.2, 0.25) is 0 Å². The summed E-state index contributed by atoms with van der Waals surface area (Å²) in [6.07, 6.45) is 0. The predicted octanol–water partition coefficient (Wildman–Crippen LogP) is 2.50. The summed E-state index contributed by atoms with van der Waals surface area (Å²) in [5.74, 6) is 0. The van der Waals surface area contributed by atoms with Crippen molar-refractivity contribution in [2.24, 2.45) is 0 Å². The summed E-state index contributed by atoms with van der Waals surface area (Å²) in [4.78, 5) is 9.85. The van der Waals surface area contributed by atoms with E-state index in [1.807, 2.05) is 26.7 Å². The average Bonchev–Trinajstić information content (AvgIpc) is 2.00. The number of hydrogen-bond donors (Lipinski definition) is 1. The third-order valence-electron chi connectivity index (χ3n) is 1.52. The van der Waals surface area contributed by atoms with Crippen LogP contribution >= 0.6 is 14.4 Å². The van der Waals surface area contributed by atoms with E-state index < -0.39 is 14.4 Å². The van der Waals surface area contributed by atoms with E-state index in [1.165, 1.54) is 0 Å². The van der Waals surface area contributed by atoms with Gasteiger partial charge in [0.25, 0.3) is 0 Å². The molecule has 86 valence electrons. The summed E-state index contributed by atoms with van der Waals surface area (Å²) in [7, 11) is -3.67. The molecule has 5 heteroatoms. The topological polar surface area (TPSA) is 46.5 Å². The molecular formula is C10H18O3P2. The molecule has 1 N–H and O–H groups in total. The summed E-state index contributed by atoms with van der Waals surface area (Å²) in [6.45, 7) is 5.15. The Balaban J connectivity index is 3.01. The molecule has 0 saturated carbocycles. The van der Waals surface area contributed by atoms with Crippen molar-refractivity contribution < 1.29 is 13.8 Å². The van der Waals surface area contributed by atoms with Crippen LogP contribution in [-0.4, -0.2) is 31.6 Å². The van der Waals surface area contributed by atoms with Gasteiger partial charge in [0.1, 0.15) is 0 Å². The van der Waals surface area contributed by atoms with Crippen LogP contribution in [0.1, 0.15) is 0 Å². The van der Waals surface area contributed by atoms with E-state index in [4.69, 9.17) is 4.31 Å². The van der Waals surface area contributed by atoms with E-state index in [0.717, 1.165) is 0 Å². The normalized spacial score (nSPS) is 18.9. The van der Waals surface area contributed by atoms with Crippen LogP contribution in [0, 0.1) is 0 Å². The van der Waals surface area contributed by atoms with Crippen LogP contribution in [-0.2, 0) is 8.88 Å². The molecule has 0 saturated heterocycles. The molecule has 1 atom stereocenters. The van der Waals surface area contributed by atoms with E-state index in [1.54, 1.807) is 30.3 Å². The second-order valence-electron chi connectivity index (χ2n) is 5.35. The fraction of sp³-hybridized carbons (Fsp3) is 0.400. The van der Waals surface area contributed by atoms with E-state index in [-0.39, 0.29) is 0 Å². The monoisotopic (exact) mass is 248 g/mol. The summed E-state index contributed by atoms with van der Waals surface area (Å²) in [5.41, 5.74) is 0. The zero-order valence-electron chi connectivity index (χ0n) is 9.54. The number of benzene rings is 1. The Labute approximate surface area is 91.0 Å². The Morgan fingerprint density at radius 2 is 1.60 bits per heavy atom. The fourth-order valence-electron chi connectivity index (χ4n) is 1.11. The summed E-state index contributed by atoms with van der Waals surface area (Å²) in [5, 5.41) is 0.353. The van der Waals surface area contributed by atoms with Gasteiger partial charge in [-0.25, -0.2) is 0 Å². The molecule has 0 aliphatic heterocycles. The molecule has 0 aliphatic carbocycles. The molecule has 0 aliphatic rings. The van der Waals surface area contributed by atoms with Gasteiger partial charge < -0.3 is 0 Å². The quantitative estimate of drug-likeness (QED) is 0.836. The van der Waals surface area contributed by atoms with Gasteiger partial charge in [-0.15, -0.1) is 0 Å². The average molecular weight is 248 g/mol. The van der Waals surface area contributed by atoms with E-state index >= 15 is 0 Å². The van der Waals surface area contributed by atoms with Crippen LogP contribution in [0.5, 0.6) is 0 Å². The Kier molecular flexibility index (Phi) is 3.15. The van der Waals surface area contributed by atoms with Crippen LogP contribution in [0.3, 0.4) is 0 Å². The van der Waals surface area contributed by atoms with Gasteiger partial charge in [0.15, 0.2) is 0 Å². The maximum atomic E-state index is 12.0. The van der Waals surface area contributed by atoms with Gasteiger partial charge in [0.2, 0.25) is 0 Å². The number of hydrogen-bond acceptors (Lipinski definition) is 2. The molecule has 0 amide bonds. The van der Waals surface area contributed by atoms with Gasteiger partial charge in [-0.3, -0.25) is 0 Å². The first kappa shape index (κ1) is 12.9. The molecule has 1 aromatic rings. The van der Waals surface area contributed by atoms with Crippen molar-refractivity contribution in [2.45, 2.75) is 0 Å². The van der Waals surface area contributed by atoms with Crippen molar-refractivity contribution in [3.63, 3.8) is 0 Å². The van der Waals surface area contributed by atoms with Gasteiger partial charge in [-0.2, -0.15) is 0 Å². The SMILES string of the molecule is CP(C)(C)(C)OP(=O)(O)c1ccccc1. The summed E-state index contributed by atoms with van der Waals surface area (Å²) in [6, 6.07) is 8.49. The van der Waals surface area contributed by atoms with Crippen LogP contribution < -0.4 is 5.30 Å². The molecule has 1 rings (SSSR count). The Morgan fingerprint density at radius 3 is 2.00 bits per heavy atom. The first-order chi connectivity index (χ1) is 6.56. The molecule has 1 aromatic carbocycles. The first-order valence-electron chi connectivity index (χ1n) is 4.67. The predicted molar refractivity (Wildman–Crippen MR) is 67.6 cm³/mol. The van der Waals surface area contributed by atoms with Gasteiger partial charge in [-0.05, 0) is 0 Å². The molecular weight excluding hydrogens is 230 g/mol. The maximum absolute atomic E-state index is 12.0. The van der Waals surface area contributed by atoms with Crippen LogP contribution in [0.15, 0.2) is 30.3 Å². The Hall–Kier alpha value is -0.200. The minimum absolute atomic E-state index is 0.353. The van der Waals surface area contributed by atoms with Crippen LogP contribution in [0.25, 0.3) is 0 Å². The van der Waals surface area contributed by atoms with Crippen molar-refractivity contribution in [1.29, 1.82) is 0 Å². The fourth-order valence-corrected chi connectivity index (χ4v) is 5.57. The molecule has 15 heavy (non-hydrogen) atoms. The van der Waals surface area contributed by atoms with Crippen molar-refractivity contribution in [1.82, 2.24) is 0 Å². The van der Waals surface area contributed by atoms with Gasteiger partial charge in [0, 0.05) is 0 Å². The van der Waals surface area contributed by atoms with Crippen LogP contribution in [0.4, 0.5) is 0 Å².